The van der Waals surface area contributed by atoms with Crippen molar-refractivity contribution in [2.45, 2.75) is 6.92 Å². The highest BCUT2D eigenvalue weighted by Crippen LogP contribution is 2.38. The molecule has 3 rings (SSSR count). The Labute approximate surface area is 122 Å². The van der Waals surface area contributed by atoms with Crippen LogP contribution >= 0.6 is 0 Å². The number of rotatable bonds is 3. The van der Waals surface area contributed by atoms with Gasteiger partial charge in [-0.05, 0) is 24.6 Å². The molecular formula is C16H16N2O3. The standard InChI is InChI=1S/C16H16N2O3/c1-9-5-4-6-12-15(9)21-16(18-12)10-7-13(19-2)14(20-3)8-11(10)17/h4-8H,17H2,1-3H3. The fourth-order valence-electron chi connectivity index (χ4n) is 2.28. The van der Waals surface area contributed by atoms with E-state index in [0.29, 0.717) is 28.6 Å². The normalized spacial score (nSPS) is 10.8. The third kappa shape index (κ3) is 2.16. The maximum absolute atomic E-state index is 6.08. The van der Waals surface area contributed by atoms with Gasteiger partial charge in [-0.3, -0.25) is 0 Å². The Balaban J connectivity index is 2.20. The summed E-state index contributed by atoms with van der Waals surface area (Å²) in [5, 5.41) is 0. The number of oxazole rings is 1. The highest BCUT2D eigenvalue weighted by Gasteiger charge is 2.16. The topological polar surface area (TPSA) is 70.5 Å². The smallest absolute Gasteiger partial charge is 0.229 e. The van der Waals surface area contributed by atoms with Gasteiger partial charge < -0.3 is 19.6 Å². The molecule has 5 nitrogen and oxygen atoms in total. The summed E-state index contributed by atoms with van der Waals surface area (Å²) in [6.07, 6.45) is 0. The molecular weight excluding hydrogens is 268 g/mol. The second kappa shape index (κ2) is 5.01. The molecule has 0 atom stereocenters. The molecule has 0 bridgehead atoms. The fraction of sp³-hybridized carbons (Fsp3) is 0.188. The maximum Gasteiger partial charge on any atom is 0.229 e. The van der Waals surface area contributed by atoms with Gasteiger partial charge in [0.25, 0.3) is 0 Å². The zero-order chi connectivity index (χ0) is 15.0. The summed E-state index contributed by atoms with van der Waals surface area (Å²) in [4.78, 5) is 4.49. The molecule has 5 heteroatoms. The molecule has 0 saturated carbocycles. The summed E-state index contributed by atoms with van der Waals surface area (Å²) < 4.78 is 16.4. The van der Waals surface area contributed by atoms with Gasteiger partial charge in [0.1, 0.15) is 5.52 Å². The molecule has 0 aliphatic rings. The van der Waals surface area contributed by atoms with Crippen LogP contribution in [0.25, 0.3) is 22.6 Å². The zero-order valence-corrected chi connectivity index (χ0v) is 12.1. The summed E-state index contributed by atoms with van der Waals surface area (Å²) in [6.45, 7) is 1.98. The molecule has 0 aliphatic heterocycles. The predicted molar refractivity (Wildman–Crippen MR) is 81.7 cm³/mol. The van der Waals surface area contributed by atoms with Gasteiger partial charge in [-0.1, -0.05) is 12.1 Å². The summed E-state index contributed by atoms with van der Waals surface area (Å²) in [5.74, 6) is 1.63. The van der Waals surface area contributed by atoms with Gasteiger partial charge in [-0.25, -0.2) is 4.98 Å². The first kappa shape index (κ1) is 13.3. The summed E-state index contributed by atoms with van der Waals surface area (Å²) in [6, 6.07) is 9.31. The van der Waals surface area contributed by atoms with Crippen LogP contribution in [0.2, 0.25) is 0 Å². The number of nitrogens with zero attached hydrogens (tertiary/aromatic N) is 1. The summed E-state index contributed by atoms with van der Waals surface area (Å²) in [7, 11) is 3.15. The van der Waals surface area contributed by atoms with Crippen molar-refractivity contribution in [2.24, 2.45) is 0 Å². The molecule has 0 fully saturated rings. The molecule has 0 radical (unpaired) electrons. The van der Waals surface area contributed by atoms with E-state index in [-0.39, 0.29) is 0 Å². The lowest BCUT2D eigenvalue weighted by Crippen LogP contribution is -1.96. The van der Waals surface area contributed by atoms with Crippen molar-refractivity contribution >= 4 is 16.8 Å². The lowest BCUT2D eigenvalue weighted by molar-refractivity contribution is 0.355. The van der Waals surface area contributed by atoms with Gasteiger partial charge >= 0.3 is 0 Å². The van der Waals surface area contributed by atoms with E-state index >= 15 is 0 Å². The first-order valence-corrected chi connectivity index (χ1v) is 6.52. The monoisotopic (exact) mass is 284 g/mol. The second-order valence-corrected chi connectivity index (χ2v) is 4.74. The third-order valence-electron chi connectivity index (χ3n) is 3.40. The number of methoxy groups -OCH3 is 2. The van der Waals surface area contributed by atoms with Crippen LogP contribution in [0.1, 0.15) is 5.56 Å². The molecule has 21 heavy (non-hydrogen) atoms. The maximum atomic E-state index is 6.08. The van der Waals surface area contributed by atoms with Crippen LogP contribution in [0.4, 0.5) is 5.69 Å². The van der Waals surface area contributed by atoms with Gasteiger partial charge in [0.05, 0.1) is 19.8 Å². The van der Waals surface area contributed by atoms with Crippen molar-refractivity contribution in [2.75, 3.05) is 20.0 Å². The number of nitrogens with two attached hydrogens (primary N) is 1. The van der Waals surface area contributed by atoms with Gasteiger partial charge in [0.15, 0.2) is 17.1 Å². The Morgan fingerprint density at radius 3 is 2.48 bits per heavy atom. The van der Waals surface area contributed by atoms with Crippen molar-refractivity contribution in [3.05, 3.63) is 35.9 Å². The van der Waals surface area contributed by atoms with E-state index in [1.54, 1.807) is 26.4 Å². The van der Waals surface area contributed by atoms with E-state index in [0.717, 1.165) is 16.7 Å². The van der Waals surface area contributed by atoms with E-state index in [9.17, 15) is 0 Å². The fourth-order valence-corrected chi connectivity index (χ4v) is 2.28. The van der Waals surface area contributed by atoms with Crippen LogP contribution in [0.5, 0.6) is 11.5 Å². The van der Waals surface area contributed by atoms with Gasteiger partial charge in [-0.15, -0.1) is 0 Å². The van der Waals surface area contributed by atoms with Gasteiger partial charge in [0.2, 0.25) is 5.89 Å². The largest absolute Gasteiger partial charge is 0.493 e. The number of fused-ring (bicyclic) bond motifs is 1. The first-order chi connectivity index (χ1) is 10.1. The average molecular weight is 284 g/mol. The molecule has 0 saturated heterocycles. The highest BCUT2D eigenvalue weighted by atomic mass is 16.5. The SMILES string of the molecule is COc1cc(N)c(-c2nc3cccc(C)c3o2)cc1OC. The van der Waals surface area contributed by atoms with Crippen LogP contribution in [0, 0.1) is 6.92 Å². The first-order valence-electron chi connectivity index (χ1n) is 6.52. The number of hydrogen-bond donors (Lipinski definition) is 1. The molecule has 3 aromatic rings. The van der Waals surface area contributed by atoms with Crippen LogP contribution < -0.4 is 15.2 Å². The molecule has 2 aromatic carbocycles. The minimum Gasteiger partial charge on any atom is -0.493 e. The summed E-state index contributed by atoms with van der Waals surface area (Å²) in [5.41, 5.74) is 9.89. The molecule has 0 amide bonds. The molecule has 0 aliphatic carbocycles. The predicted octanol–water partition coefficient (Wildman–Crippen LogP) is 3.40. The Kier molecular flexibility index (Phi) is 3.17. The minimum atomic E-state index is 0.470. The van der Waals surface area contributed by atoms with Gasteiger partial charge in [-0.2, -0.15) is 0 Å². The van der Waals surface area contributed by atoms with Crippen molar-refractivity contribution < 1.29 is 13.9 Å². The van der Waals surface area contributed by atoms with Crippen LogP contribution in [0.3, 0.4) is 0 Å². The molecule has 0 unspecified atom stereocenters. The highest BCUT2D eigenvalue weighted by molar-refractivity contribution is 5.82. The van der Waals surface area contributed by atoms with Crippen molar-refractivity contribution in [1.82, 2.24) is 4.98 Å². The van der Waals surface area contributed by atoms with Crippen LogP contribution in [-0.2, 0) is 0 Å². The number of nitrogen functional groups attached to an aromatic ring is 1. The van der Waals surface area contributed by atoms with Crippen molar-refractivity contribution in [1.29, 1.82) is 0 Å². The number of hydrogen-bond acceptors (Lipinski definition) is 5. The summed E-state index contributed by atoms with van der Waals surface area (Å²) >= 11 is 0. The second-order valence-electron chi connectivity index (χ2n) is 4.74. The van der Waals surface area contributed by atoms with Crippen molar-refractivity contribution in [3.8, 4) is 23.0 Å². The molecule has 0 spiro atoms. The lowest BCUT2D eigenvalue weighted by Gasteiger charge is -2.10. The Hall–Kier alpha value is -2.69. The van der Waals surface area contributed by atoms with E-state index in [2.05, 4.69) is 4.98 Å². The Bertz CT molecular complexity index is 809. The Morgan fingerprint density at radius 1 is 1.10 bits per heavy atom. The zero-order valence-electron chi connectivity index (χ0n) is 12.1. The quantitative estimate of drug-likeness (QED) is 0.746. The van der Waals surface area contributed by atoms with E-state index in [4.69, 9.17) is 19.6 Å². The number of benzene rings is 2. The van der Waals surface area contributed by atoms with E-state index in [1.807, 2.05) is 25.1 Å². The third-order valence-corrected chi connectivity index (χ3v) is 3.40. The number of para-hydroxylation sites is 1. The van der Waals surface area contributed by atoms with E-state index < -0.39 is 0 Å². The van der Waals surface area contributed by atoms with Crippen molar-refractivity contribution in [3.63, 3.8) is 0 Å². The Morgan fingerprint density at radius 2 is 1.81 bits per heavy atom. The van der Waals surface area contributed by atoms with E-state index in [1.165, 1.54) is 0 Å². The lowest BCUT2D eigenvalue weighted by atomic mass is 10.1. The number of ether oxygens (including phenoxy) is 2. The molecule has 1 aromatic heterocycles. The molecule has 108 valence electrons. The average Bonchev–Trinajstić information content (AvgIpc) is 2.92. The number of aryl methyl sites for hydroxylation is 1. The van der Waals surface area contributed by atoms with Crippen LogP contribution in [0.15, 0.2) is 34.7 Å². The number of anilines is 1. The van der Waals surface area contributed by atoms with Gasteiger partial charge in [0, 0.05) is 11.8 Å². The number of aromatic nitrogens is 1. The van der Waals surface area contributed by atoms with Crippen LogP contribution in [-0.4, -0.2) is 19.2 Å². The molecule has 1 heterocycles. The minimum absolute atomic E-state index is 0.470. The molecule has 2 N–H and O–H groups in total.